The van der Waals surface area contributed by atoms with Gasteiger partial charge in [-0.3, -0.25) is 0 Å². The maximum absolute atomic E-state index is 3.75. The molecule has 1 saturated carbocycles. The van der Waals surface area contributed by atoms with Crippen molar-refractivity contribution in [1.29, 1.82) is 0 Å². The van der Waals surface area contributed by atoms with Gasteiger partial charge in [-0.15, -0.1) is 0 Å². The van der Waals surface area contributed by atoms with Gasteiger partial charge in [0.1, 0.15) is 0 Å². The fourth-order valence-corrected chi connectivity index (χ4v) is 3.38. The minimum atomic E-state index is -0.726. The van der Waals surface area contributed by atoms with E-state index in [9.17, 15) is 0 Å². The van der Waals surface area contributed by atoms with Crippen LogP contribution in [0.1, 0.15) is 32.1 Å². The third-order valence-electron chi connectivity index (χ3n) is 2.10. The first kappa shape index (κ1) is 8.77. The Labute approximate surface area is 70.7 Å². The molecule has 1 N–H and O–H groups in total. The van der Waals surface area contributed by atoms with Crippen LogP contribution in [0.4, 0.5) is 0 Å². The van der Waals surface area contributed by atoms with Crippen molar-refractivity contribution in [3.8, 4) is 0 Å². The zero-order chi connectivity index (χ0) is 7.40. The molecule has 0 aromatic heterocycles. The molecule has 0 atom stereocenters. The molecule has 0 amide bonds. The number of hydrogen-bond donors (Lipinski definition) is 1. The Kier molecular flexibility index (Phi) is 3.97. The molecule has 1 fully saturated rings. The molecule has 0 heterocycles. The average Bonchev–Trinajstić information content (AvgIpc) is 1.88. The van der Waals surface area contributed by atoms with Crippen LogP contribution in [0.2, 0.25) is 10.5 Å². The van der Waals surface area contributed by atoms with Crippen molar-refractivity contribution < 1.29 is 18.1 Å². The third-order valence-corrected chi connectivity index (χ3v) is 3.64. The summed E-state index contributed by atoms with van der Waals surface area (Å²) in [6, 6.07) is 0.902. The molecule has 10 heavy (non-hydrogen) atoms. The minimum absolute atomic E-state index is 0.726. The number of nitrogens with one attached hydrogen (secondary N) is 1. The van der Waals surface area contributed by atoms with Gasteiger partial charge in [0.2, 0.25) is 0 Å². The van der Waals surface area contributed by atoms with Crippen molar-refractivity contribution in [2.75, 3.05) is 0 Å². The van der Waals surface area contributed by atoms with E-state index in [1.165, 1.54) is 32.1 Å². The number of hydrogen-bond acceptors (Lipinski definition) is 1. The van der Waals surface area contributed by atoms with Crippen LogP contribution >= 0.6 is 0 Å². The molecule has 0 spiro atoms. The summed E-state index contributed by atoms with van der Waals surface area (Å²) in [6.45, 7) is 0. The van der Waals surface area contributed by atoms with Gasteiger partial charge in [-0.25, -0.2) is 0 Å². The molecule has 2 heteroatoms. The normalized spacial score (nSPS) is 21.0. The SMILES string of the molecule is [CH3][Ti]([CH3])[NH]C1CCCCC1. The summed E-state index contributed by atoms with van der Waals surface area (Å²) in [5.41, 5.74) is 0. The summed E-state index contributed by atoms with van der Waals surface area (Å²) in [6.07, 6.45) is 7.28. The van der Waals surface area contributed by atoms with Gasteiger partial charge >= 0.3 is 70.5 Å². The van der Waals surface area contributed by atoms with Crippen LogP contribution in [0.5, 0.6) is 0 Å². The first-order valence-corrected chi connectivity index (χ1v) is 8.26. The Morgan fingerprint density at radius 2 is 1.70 bits per heavy atom. The van der Waals surface area contributed by atoms with Gasteiger partial charge in [0.15, 0.2) is 0 Å². The second-order valence-corrected chi connectivity index (χ2v) is 7.05. The molecule has 1 aliphatic carbocycles. The standard InChI is InChI=1S/C6H12N.2CH3.Ti/c7-6-4-2-1-3-5-6;;;/h6-7H,1-5H2;2*1H3;/q-1;;;+1. The van der Waals surface area contributed by atoms with Gasteiger partial charge in [0.25, 0.3) is 0 Å². The van der Waals surface area contributed by atoms with E-state index in [4.69, 9.17) is 0 Å². The molecule has 1 aliphatic rings. The fourth-order valence-electron chi connectivity index (χ4n) is 1.66. The van der Waals surface area contributed by atoms with E-state index < -0.39 is 18.1 Å². The van der Waals surface area contributed by atoms with E-state index in [0.717, 1.165) is 6.04 Å². The van der Waals surface area contributed by atoms with Gasteiger partial charge in [-0.1, -0.05) is 0 Å². The average molecular weight is 176 g/mol. The van der Waals surface area contributed by atoms with Gasteiger partial charge in [0, 0.05) is 0 Å². The van der Waals surface area contributed by atoms with Crippen LogP contribution in [-0.2, 0) is 18.1 Å². The van der Waals surface area contributed by atoms with Gasteiger partial charge < -0.3 is 0 Å². The molecular weight excluding hydrogens is 158 g/mol. The van der Waals surface area contributed by atoms with E-state index in [2.05, 4.69) is 14.3 Å². The van der Waals surface area contributed by atoms with Crippen LogP contribution in [-0.4, -0.2) is 6.04 Å². The quantitative estimate of drug-likeness (QED) is 0.637. The monoisotopic (exact) mass is 176 g/mol. The Hall–Kier alpha value is 0.674. The third kappa shape index (κ3) is 3.18. The molecule has 1 nitrogen and oxygen atoms in total. The molecule has 0 aliphatic heterocycles. The van der Waals surface area contributed by atoms with E-state index in [-0.39, 0.29) is 0 Å². The second kappa shape index (κ2) is 4.53. The van der Waals surface area contributed by atoms with Crippen LogP contribution in [0, 0.1) is 0 Å². The van der Waals surface area contributed by atoms with Gasteiger partial charge in [-0.05, 0) is 0 Å². The van der Waals surface area contributed by atoms with E-state index in [1.807, 2.05) is 0 Å². The van der Waals surface area contributed by atoms with Crippen molar-refractivity contribution in [1.82, 2.24) is 3.80 Å². The molecule has 1 rings (SSSR count). The van der Waals surface area contributed by atoms with E-state index in [1.54, 1.807) is 0 Å². The summed E-state index contributed by atoms with van der Waals surface area (Å²) in [7, 11) is 0. The number of rotatable bonds is 2. The fraction of sp³-hybridized carbons (Fsp3) is 1.00. The van der Waals surface area contributed by atoms with Crippen LogP contribution in [0.15, 0.2) is 0 Å². The molecule has 0 saturated heterocycles. The van der Waals surface area contributed by atoms with Crippen LogP contribution in [0.25, 0.3) is 0 Å². The van der Waals surface area contributed by atoms with Crippen molar-refractivity contribution in [2.24, 2.45) is 0 Å². The first-order chi connectivity index (χ1) is 4.79. The molecule has 0 aromatic rings. The maximum atomic E-state index is 3.75. The predicted molar refractivity (Wildman–Crippen MR) is 41.7 cm³/mol. The Bertz CT molecular complexity index is 87.3. The predicted octanol–water partition coefficient (Wildman–Crippen LogP) is 2.54. The van der Waals surface area contributed by atoms with Gasteiger partial charge in [0.05, 0.1) is 0 Å². The van der Waals surface area contributed by atoms with Crippen LogP contribution < -0.4 is 3.80 Å². The summed E-state index contributed by atoms with van der Waals surface area (Å²) in [5.74, 6) is 0. The Balaban J connectivity index is 2.13. The van der Waals surface area contributed by atoms with Crippen molar-refractivity contribution >= 4 is 0 Å². The topological polar surface area (TPSA) is 12.0 Å². The van der Waals surface area contributed by atoms with E-state index >= 15 is 0 Å². The second-order valence-electron chi connectivity index (χ2n) is 3.48. The van der Waals surface area contributed by atoms with Crippen molar-refractivity contribution in [3.05, 3.63) is 0 Å². The molecular formula is C8H18NTi. The molecule has 0 radical (unpaired) electrons. The Morgan fingerprint density at radius 1 is 1.10 bits per heavy atom. The van der Waals surface area contributed by atoms with Crippen molar-refractivity contribution in [3.63, 3.8) is 0 Å². The first-order valence-electron chi connectivity index (χ1n) is 4.36. The summed E-state index contributed by atoms with van der Waals surface area (Å²) < 4.78 is 3.75. The van der Waals surface area contributed by atoms with Crippen LogP contribution in [0.3, 0.4) is 0 Å². The molecule has 59 valence electrons. The summed E-state index contributed by atoms with van der Waals surface area (Å²) in [4.78, 5) is 0. The Morgan fingerprint density at radius 3 is 2.20 bits per heavy atom. The summed E-state index contributed by atoms with van der Waals surface area (Å²) >= 11 is -0.726. The molecule has 0 aromatic carbocycles. The van der Waals surface area contributed by atoms with E-state index in [0.29, 0.717) is 0 Å². The van der Waals surface area contributed by atoms with Gasteiger partial charge in [-0.2, -0.15) is 0 Å². The van der Waals surface area contributed by atoms with Crippen molar-refractivity contribution in [2.45, 2.75) is 48.6 Å². The molecule has 0 bridgehead atoms. The summed E-state index contributed by atoms with van der Waals surface area (Å²) in [5, 5.41) is 4.79. The zero-order valence-electron chi connectivity index (χ0n) is 7.11. The molecule has 0 unspecified atom stereocenters. The zero-order valence-corrected chi connectivity index (χ0v) is 8.67.